The van der Waals surface area contributed by atoms with Crippen LogP contribution in [-0.4, -0.2) is 35.0 Å². The van der Waals surface area contributed by atoms with E-state index in [9.17, 15) is 4.79 Å². The van der Waals surface area contributed by atoms with E-state index in [0.717, 1.165) is 29.9 Å². The van der Waals surface area contributed by atoms with Crippen LogP contribution in [0.1, 0.15) is 29.8 Å². The number of carbonyl (C=O) groups excluding carboxylic acids is 1. The van der Waals surface area contributed by atoms with Crippen LogP contribution in [0.15, 0.2) is 53.7 Å². The molecule has 0 radical (unpaired) electrons. The lowest BCUT2D eigenvalue weighted by molar-refractivity contribution is 0.0589. The van der Waals surface area contributed by atoms with Crippen LogP contribution in [0.25, 0.3) is 11.1 Å². The number of rotatable bonds is 6. The largest absolute Gasteiger partial charge is 0.464 e. The molecule has 138 valence electrons. The fourth-order valence-electron chi connectivity index (χ4n) is 3.05. The number of hydrogen-bond donors (Lipinski definition) is 1. The van der Waals surface area contributed by atoms with Crippen LogP contribution in [0.2, 0.25) is 0 Å². The Morgan fingerprint density at radius 1 is 1.19 bits per heavy atom. The maximum absolute atomic E-state index is 12.1. The Labute approximate surface area is 158 Å². The van der Waals surface area contributed by atoms with Crippen LogP contribution >= 0.6 is 11.9 Å². The molecule has 1 fully saturated rings. The van der Waals surface area contributed by atoms with Crippen LogP contribution in [-0.2, 0) is 11.3 Å². The standard InChI is InChI=1S/C20H25N3O2S/c1-25-20(24)19-12-17(16-8-4-2-5-9-16)13-22(19)14-18(21)15-26-23-10-6-3-7-11-23/h2,4-5,8-9,12-13,15H,3,6-7,10-11,14,21H2,1H3/b18-15-. The Morgan fingerprint density at radius 2 is 1.92 bits per heavy atom. The fourth-order valence-corrected chi connectivity index (χ4v) is 3.88. The zero-order valence-electron chi connectivity index (χ0n) is 15.1. The number of nitrogens with zero attached hydrogens (tertiary/aromatic N) is 2. The molecule has 0 atom stereocenters. The first-order chi connectivity index (χ1) is 12.7. The molecular weight excluding hydrogens is 346 g/mol. The first kappa shape index (κ1) is 18.6. The van der Waals surface area contributed by atoms with E-state index >= 15 is 0 Å². The molecule has 1 aromatic carbocycles. The molecule has 0 aliphatic carbocycles. The topological polar surface area (TPSA) is 60.5 Å². The Balaban J connectivity index is 1.76. The third-order valence-corrected chi connectivity index (χ3v) is 5.49. The van der Waals surface area contributed by atoms with E-state index in [2.05, 4.69) is 4.31 Å². The minimum atomic E-state index is -0.358. The molecule has 1 aliphatic rings. The average Bonchev–Trinajstić information content (AvgIpc) is 3.11. The predicted octanol–water partition coefficient (Wildman–Crippen LogP) is 3.88. The van der Waals surface area contributed by atoms with Gasteiger partial charge in [-0.15, -0.1) is 0 Å². The first-order valence-corrected chi connectivity index (χ1v) is 9.71. The number of methoxy groups -OCH3 is 1. The highest BCUT2D eigenvalue weighted by Crippen LogP contribution is 2.24. The van der Waals surface area contributed by atoms with Crippen molar-refractivity contribution in [2.45, 2.75) is 25.8 Å². The lowest BCUT2D eigenvalue weighted by Crippen LogP contribution is -2.22. The van der Waals surface area contributed by atoms with Crippen LogP contribution in [0.3, 0.4) is 0 Å². The van der Waals surface area contributed by atoms with Gasteiger partial charge in [0.1, 0.15) is 5.69 Å². The molecule has 6 heteroatoms. The summed E-state index contributed by atoms with van der Waals surface area (Å²) in [5.41, 5.74) is 9.48. The van der Waals surface area contributed by atoms with Gasteiger partial charge in [0, 0.05) is 36.0 Å². The smallest absolute Gasteiger partial charge is 0.354 e. The van der Waals surface area contributed by atoms with Crippen molar-refractivity contribution in [1.82, 2.24) is 8.87 Å². The maximum Gasteiger partial charge on any atom is 0.354 e. The molecule has 2 heterocycles. The zero-order chi connectivity index (χ0) is 18.4. The summed E-state index contributed by atoms with van der Waals surface area (Å²) in [7, 11) is 1.40. The van der Waals surface area contributed by atoms with Gasteiger partial charge >= 0.3 is 5.97 Å². The minimum Gasteiger partial charge on any atom is -0.464 e. The number of allylic oxidation sites excluding steroid dienone is 1. The van der Waals surface area contributed by atoms with Crippen molar-refractivity contribution in [3.8, 4) is 11.1 Å². The summed E-state index contributed by atoms with van der Waals surface area (Å²) in [5.74, 6) is -0.358. The van der Waals surface area contributed by atoms with Crippen LogP contribution < -0.4 is 5.73 Å². The third-order valence-electron chi connectivity index (χ3n) is 4.42. The van der Waals surface area contributed by atoms with E-state index in [1.54, 1.807) is 11.9 Å². The SMILES string of the molecule is COC(=O)c1cc(-c2ccccc2)cn1C/C(N)=C/SN1CCCCC1. The summed E-state index contributed by atoms with van der Waals surface area (Å²) in [5, 5.41) is 1.98. The Morgan fingerprint density at radius 3 is 2.62 bits per heavy atom. The van der Waals surface area contributed by atoms with Gasteiger partial charge in [0.15, 0.2) is 0 Å². The number of hydrogen-bond acceptors (Lipinski definition) is 5. The summed E-state index contributed by atoms with van der Waals surface area (Å²) in [6.07, 6.45) is 5.74. The minimum absolute atomic E-state index is 0.358. The Kier molecular flexibility index (Phi) is 6.41. The summed E-state index contributed by atoms with van der Waals surface area (Å²) in [6, 6.07) is 11.8. The number of esters is 1. The summed E-state index contributed by atoms with van der Waals surface area (Å²) >= 11 is 1.66. The van der Waals surface area contributed by atoms with Crippen molar-refractivity contribution >= 4 is 17.9 Å². The summed E-state index contributed by atoms with van der Waals surface area (Å²) < 4.78 is 9.12. The van der Waals surface area contributed by atoms with Crippen molar-refractivity contribution in [2.75, 3.05) is 20.2 Å². The van der Waals surface area contributed by atoms with Crippen LogP contribution in [0, 0.1) is 0 Å². The van der Waals surface area contributed by atoms with E-state index in [-0.39, 0.29) is 5.97 Å². The van der Waals surface area contributed by atoms with Crippen molar-refractivity contribution < 1.29 is 9.53 Å². The van der Waals surface area contributed by atoms with E-state index in [1.165, 1.54) is 26.4 Å². The first-order valence-electron chi connectivity index (χ1n) is 8.87. The predicted molar refractivity (Wildman–Crippen MR) is 106 cm³/mol. The van der Waals surface area contributed by atoms with E-state index in [4.69, 9.17) is 10.5 Å². The molecule has 26 heavy (non-hydrogen) atoms. The highest BCUT2D eigenvalue weighted by Gasteiger charge is 2.16. The highest BCUT2D eigenvalue weighted by molar-refractivity contribution is 7.99. The van der Waals surface area contributed by atoms with Gasteiger partial charge in [-0.3, -0.25) is 0 Å². The number of nitrogens with two attached hydrogens (primary N) is 1. The second-order valence-corrected chi connectivity index (χ2v) is 7.35. The molecule has 2 aromatic rings. The van der Waals surface area contributed by atoms with Gasteiger partial charge in [-0.2, -0.15) is 0 Å². The van der Waals surface area contributed by atoms with Gasteiger partial charge in [0.25, 0.3) is 0 Å². The van der Waals surface area contributed by atoms with Gasteiger partial charge in [-0.25, -0.2) is 9.10 Å². The van der Waals surface area contributed by atoms with E-state index < -0.39 is 0 Å². The normalized spacial score (nSPS) is 15.8. The summed E-state index contributed by atoms with van der Waals surface area (Å²) in [6.45, 7) is 2.66. The molecule has 0 amide bonds. The van der Waals surface area contributed by atoms with Crippen molar-refractivity contribution in [1.29, 1.82) is 0 Å². The average molecular weight is 372 g/mol. The monoisotopic (exact) mass is 371 g/mol. The van der Waals surface area contributed by atoms with Crippen LogP contribution in [0.5, 0.6) is 0 Å². The number of piperidine rings is 1. The van der Waals surface area contributed by atoms with Crippen molar-refractivity contribution in [3.63, 3.8) is 0 Å². The molecule has 1 saturated heterocycles. The number of benzene rings is 1. The molecule has 0 bridgehead atoms. The maximum atomic E-state index is 12.1. The third kappa shape index (κ3) is 4.71. The van der Waals surface area contributed by atoms with E-state index in [0.29, 0.717) is 12.2 Å². The summed E-state index contributed by atoms with van der Waals surface area (Å²) in [4.78, 5) is 12.1. The quantitative estimate of drug-likeness (QED) is 0.617. The van der Waals surface area contributed by atoms with Gasteiger partial charge in [0.2, 0.25) is 0 Å². The molecule has 2 N–H and O–H groups in total. The van der Waals surface area contributed by atoms with Gasteiger partial charge in [0.05, 0.1) is 13.7 Å². The molecule has 0 spiro atoms. The van der Waals surface area contributed by atoms with Gasteiger partial charge in [-0.1, -0.05) is 36.8 Å². The van der Waals surface area contributed by atoms with Gasteiger partial charge in [-0.05, 0) is 36.4 Å². The molecule has 3 rings (SSSR count). The lowest BCUT2D eigenvalue weighted by atomic mass is 10.1. The molecule has 0 unspecified atom stereocenters. The number of carbonyl (C=O) groups is 1. The Hall–Kier alpha value is -2.18. The second kappa shape index (κ2) is 8.96. The zero-order valence-corrected chi connectivity index (χ0v) is 15.9. The number of ether oxygens (including phenoxy) is 1. The fraction of sp³-hybridized carbons (Fsp3) is 0.350. The highest BCUT2D eigenvalue weighted by atomic mass is 32.2. The molecule has 1 aromatic heterocycles. The molecular formula is C20H25N3O2S. The molecule has 1 aliphatic heterocycles. The molecule has 5 nitrogen and oxygen atoms in total. The number of aromatic nitrogens is 1. The van der Waals surface area contributed by atoms with Gasteiger partial charge < -0.3 is 15.0 Å². The Bertz CT molecular complexity index is 765. The van der Waals surface area contributed by atoms with Crippen molar-refractivity contribution in [3.05, 3.63) is 59.4 Å². The molecule has 0 saturated carbocycles. The van der Waals surface area contributed by atoms with E-state index in [1.807, 2.05) is 52.6 Å². The second-order valence-electron chi connectivity index (χ2n) is 6.39. The lowest BCUT2D eigenvalue weighted by Gasteiger charge is -2.23. The van der Waals surface area contributed by atoms with Crippen molar-refractivity contribution in [2.24, 2.45) is 5.73 Å². The van der Waals surface area contributed by atoms with Crippen LogP contribution in [0.4, 0.5) is 0 Å².